The van der Waals surface area contributed by atoms with Crippen molar-refractivity contribution >= 4 is 11.8 Å². The lowest BCUT2D eigenvalue weighted by atomic mass is 10.0. The van der Waals surface area contributed by atoms with Gasteiger partial charge in [-0.05, 0) is 34.1 Å². The molecule has 0 saturated heterocycles. The smallest absolute Gasteiger partial charge is 0.242 e. The molecular formula is C13H27N3O2. The summed E-state index contributed by atoms with van der Waals surface area (Å²) in [7, 11) is 1.58. The van der Waals surface area contributed by atoms with Gasteiger partial charge in [-0.3, -0.25) is 9.59 Å². The molecule has 2 amide bonds. The number of amides is 2. The second-order valence-electron chi connectivity index (χ2n) is 5.35. The summed E-state index contributed by atoms with van der Waals surface area (Å²) in [4.78, 5) is 23.8. The van der Waals surface area contributed by atoms with E-state index in [1.165, 1.54) is 0 Å². The highest BCUT2D eigenvalue weighted by atomic mass is 16.2. The maximum Gasteiger partial charge on any atom is 0.242 e. The van der Waals surface area contributed by atoms with Crippen LogP contribution in [0.25, 0.3) is 0 Å². The Hall–Kier alpha value is -1.10. The third kappa shape index (κ3) is 5.49. The SMILES string of the molecule is CCC[C@H](NC(=O)C(C)(C)NC(C)C)C(=O)NC. The van der Waals surface area contributed by atoms with Crippen LogP contribution < -0.4 is 16.0 Å². The molecule has 0 saturated carbocycles. The standard InChI is InChI=1S/C13H27N3O2/c1-7-8-10(11(17)14-6)15-12(18)13(4,5)16-9(2)3/h9-10,16H,7-8H2,1-6H3,(H,14,17)(H,15,18)/t10-/m0/s1. The van der Waals surface area contributed by atoms with Gasteiger partial charge in [0.1, 0.15) is 6.04 Å². The van der Waals surface area contributed by atoms with E-state index in [9.17, 15) is 9.59 Å². The Morgan fingerprint density at radius 3 is 2.17 bits per heavy atom. The summed E-state index contributed by atoms with van der Waals surface area (Å²) in [6.07, 6.45) is 1.49. The monoisotopic (exact) mass is 257 g/mol. The van der Waals surface area contributed by atoms with Crippen LogP contribution in [0.3, 0.4) is 0 Å². The van der Waals surface area contributed by atoms with E-state index in [1.807, 2.05) is 34.6 Å². The molecule has 0 radical (unpaired) electrons. The topological polar surface area (TPSA) is 70.2 Å². The third-order valence-corrected chi connectivity index (χ3v) is 2.66. The maximum atomic E-state index is 12.2. The van der Waals surface area contributed by atoms with E-state index in [4.69, 9.17) is 0 Å². The van der Waals surface area contributed by atoms with E-state index < -0.39 is 11.6 Å². The van der Waals surface area contributed by atoms with Crippen molar-refractivity contribution in [3.05, 3.63) is 0 Å². The molecule has 0 spiro atoms. The summed E-state index contributed by atoms with van der Waals surface area (Å²) in [5, 5.41) is 8.55. The lowest BCUT2D eigenvalue weighted by molar-refractivity contribution is -0.132. The molecule has 0 aromatic carbocycles. The Bertz CT molecular complexity index is 288. The molecule has 0 aliphatic rings. The molecule has 0 bridgehead atoms. The van der Waals surface area contributed by atoms with Crippen molar-refractivity contribution in [1.29, 1.82) is 0 Å². The fourth-order valence-electron chi connectivity index (χ4n) is 1.86. The molecule has 5 heteroatoms. The summed E-state index contributed by atoms with van der Waals surface area (Å²) in [5.41, 5.74) is -0.686. The van der Waals surface area contributed by atoms with Gasteiger partial charge in [-0.2, -0.15) is 0 Å². The first-order valence-electron chi connectivity index (χ1n) is 6.54. The van der Waals surface area contributed by atoms with Crippen molar-refractivity contribution in [2.24, 2.45) is 0 Å². The lowest BCUT2D eigenvalue weighted by Gasteiger charge is -2.29. The van der Waals surface area contributed by atoms with Gasteiger partial charge in [0.15, 0.2) is 0 Å². The first-order valence-corrected chi connectivity index (χ1v) is 6.54. The van der Waals surface area contributed by atoms with Crippen LogP contribution in [-0.4, -0.2) is 36.5 Å². The minimum Gasteiger partial charge on any atom is -0.357 e. The maximum absolute atomic E-state index is 12.2. The quantitative estimate of drug-likeness (QED) is 0.631. The highest BCUT2D eigenvalue weighted by molar-refractivity contribution is 5.91. The summed E-state index contributed by atoms with van der Waals surface area (Å²) < 4.78 is 0. The Kier molecular flexibility index (Phi) is 6.91. The first-order chi connectivity index (χ1) is 8.24. The number of likely N-dealkylation sites (N-methyl/N-ethyl adjacent to an activating group) is 1. The summed E-state index contributed by atoms with van der Waals surface area (Å²) in [6.45, 7) is 9.58. The van der Waals surface area contributed by atoms with Gasteiger partial charge in [-0.15, -0.1) is 0 Å². The molecule has 18 heavy (non-hydrogen) atoms. The fourth-order valence-corrected chi connectivity index (χ4v) is 1.86. The zero-order valence-corrected chi connectivity index (χ0v) is 12.4. The Balaban J connectivity index is 4.63. The van der Waals surface area contributed by atoms with E-state index in [0.29, 0.717) is 6.42 Å². The van der Waals surface area contributed by atoms with Crippen molar-refractivity contribution in [1.82, 2.24) is 16.0 Å². The van der Waals surface area contributed by atoms with Crippen LogP contribution in [0, 0.1) is 0 Å². The molecule has 0 aromatic heterocycles. The van der Waals surface area contributed by atoms with Crippen LogP contribution in [0.15, 0.2) is 0 Å². The number of rotatable bonds is 7. The predicted octanol–water partition coefficient (Wildman–Crippen LogP) is 0.794. The number of carbonyl (C=O) groups excluding carboxylic acids is 2. The van der Waals surface area contributed by atoms with Crippen LogP contribution in [0.5, 0.6) is 0 Å². The minimum atomic E-state index is -0.686. The zero-order chi connectivity index (χ0) is 14.3. The average molecular weight is 257 g/mol. The molecule has 5 nitrogen and oxygen atoms in total. The summed E-state index contributed by atoms with van der Waals surface area (Å²) in [6, 6.07) is -0.254. The van der Waals surface area contributed by atoms with Crippen LogP contribution in [0.4, 0.5) is 0 Å². The van der Waals surface area contributed by atoms with E-state index in [-0.39, 0.29) is 17.9 Å². The molecule has 1 atom stereocenters. The van der Waals surface area contributed by atoms with Crippen molar-refractivity contribution in [3.8, 4) is 0 Å². The van der Waals surface area contributed by atoms with Gasteiger partial charge in [-0.25, -0.2) is 0 Å². The van der Waals surface area contributed by atoms with Crippen molar-refractivity contribution in [2.45, 2.75) is 65.1 Å². The predicted molar refractivity (Wildman–Crippen MR) is 73.3 cm³/mol. The Morgan fingerprint density at radius 2 is 1.78 bits per heavy atom. The first kappa shape index (κ1) is 16.9. The third-order valence-electron chi connectivity index (χ3n) is 2.66. The molecule has 0 aromatic rings. The highest BCUT2D eigenvalue weighted by Crippen LogP contribution is 2.06. The second kappa shape index (κ2) is 7.36. The summed E-state index contributed by atoms with van der Waals surface area (Å²) in [5.74, 6) is -0.302. The molecule has 0 heterocycles. The van der Waals surface area contributed by atoms with E-state index in [1.54, 1.807) is 7.05 Å². The van der Waals surface area contributed by atoms with Gasteiger partial charge < -0.3 is 16.0 Å². The van der Waals surface area contributed by atoms with Gasteiger partial charge in [0.2, 0.25) is 11.8 Å². The van der Waals surface area contributed by atoms with Crippen molar-refractivity contribution in [2.75, 3.05) is 7.05 Å². The average Bonchev–Trinajstić information content (AvgIpc) is 2.25. The molecule has 0 aliphatic carbocycles. The molecule has 0 fully saturated rings. The van der Waals surface area contributed by atoms with Gasteiger partial charge in [0.05, 0.1) is 5.54 Å². The van der Waals surface area contributed by atoms with Crippen molar-refractivity contribution < 1.29 is 9.59 Å². The second-order valence-corrected chi connectivity index (χ2v) is 5.35. The van der Waals surface area contributed by atoms with Gasteiger partial charge in [-0.1, -0.05) is 13.3 Å². The van der Waals surface area contributed by atoms with E-state index >= 15 is 0 Å². The number of carbonyl (C=O) groups is 2. The fraction of sp³-hybridized carbons (Fsp3) is 0.846. The molecule has 0 unspecified atom stereocenters. The number of hydrogen-bond acceptors (Lipinski definition) is 3. The largest absolute Gasteiger partial charge is 0.357 e. The molecule has 0 aliphatic heterocycles. The zero-order valence-electron chi connectivity index (χ0n) is 12.4. The number of nitrogens with one attached hydrogen (secondary N) is 3. The van der Waals surface area contributed by atoms with Crippen LogP contribution in [0.2, 0.25) is 0 Å². The van der Waals surface area contributed by atoms with Crippen LogP contribution >= 0.6 is 0 Å². The van der Waals surface area contributed by atoms with Gasteiger partial charge >= 0.3 is 0 Å². The van der Waals surface area contributed by atoms with Crippen LogP contribution in [0.1, 0.15) is 47.5 Å². The normalized spacial score (nSPS) is 13.3. The molecule has 106 valence electrons. The molecular weight excluding hydrogens is 230 g/mol. The van der Waals surface area contributed by atoms with Gasteiger partial charge in [0, 0.05) is 13.1 Å². The van der Waals surface area contributed by atoms with Crippen molar-refractivity contribution in [3.63, 3.8) is 0 Å². The molecule has 3 N–H and O–H groups in total. The van der Waals surface area contributed by atoms with Crippen LogP contribution in [-0.2, 0) is 9.59 Å². The van der Waals surface area contributed by atoms with E-state index in [0.717, 1.165) is 6.42 Å². The van der Waals surface area contributed by atoms with E-state index in [2.05, 4.69) is 16.0 Å². The summed E-state index contributed by atoms with van der Waals surface area (Å²) >= 11 is 0. The minimum absolute atomic E-state index is 0.148. The lowest BCUT2D eigenvalue weighted by Crippen LogP contribution is -2.58. The number of hydrogen-bond donors (Lipinski definition) is 3. The Morgan fingerprint density at radius 1 is 1.22 bits per heavy atom. The van der Waals surface area contributed by atoms with Gasteiger partial charge in [0.25, 0.3) is 0 Å². The highest BCUT2D eigenvalue weighted by Gasteiger charge is 2.30. The Labute approximate surface area is 110 Å². The molecule has 0 rings (SSSR count).